The monoisotopic (exact) mass is 514 g/mol. The van der Waals surface area contributed by atoms with Gasteiger partial charge in [-0.15, -0.1) is 0 Å². The van der Waals surface area contributed by atoms with Gasteiger partial charge in [0, 0.05) is 37.7 Å². The highest BCUT2D eigenvalue weighted by atomic mass is 79.9. The molecule has 0 spiro atoms. The van der Waals surface area contributed by atoms with Crippen LogP contribution in [0.15, 0.2) is 41.3 Å². The van der Waals surface area contributed by atoms with Gasteiger partial charge in [0.25, 0.3) is 5.91 Å². The Balaban J connectivity index is 1.55. The summed E-state index contributed by atoms with van der Waals surface area (Å²) in [6, 6.07) is 5.17. The highest BCUT2D eigenvalue weighted by Crippen LogP contribution is 2.39. The summed E-state index contributed by atoms with van der Waals surface area (Å²) in [4.78, 5) is 38.8. The molecule has 3 N–H and O–H groups in total. The minimum atomic E-state index is -0.376. The Kier molecular flexibility index (Phi) is 7.43. The lowest BCUT2D eigenvalue weighted by molar-refractivity contribution is 0.102. The molecule has 3 aromatic heterocycles. The fourth-order valence-electron chi connectivity index (χ4n) is 3.96. The van der Waals surface area contributed by atoms with E-state index in [-0.39, 0.29) is 18.0 Å². The number of pyridine rings is 2. The van der Waals surface area contributed by atoms with Crippen molar-refractivity contribution in [2.45, 2.75) is 38.6 Å². The standard InChI is InChI=1S/C23H27BrN6O3/c1-2-3-11-33-23(32)28-15-7-6-10-30(14-15)20-16(24)12-26-21-19(20)18(13-27-21)29-22(31)17-8-4-5-9-25-17/h4-5,8-9,12-13,15H,2-3,6-7,10-11,14H2,1H3,(H,26,27)(H,28,32)(H,29,31). The molecule has 0 saturated carbocycles. The lowest BCUT2D eigenvalue weighted by atomic mass is 10.0. The lowest BCUT2D eigenvalue weighted by Crippen LogP contribution is -2.48. The number of ether oxygens (including phenoxy) is 1. The van der Waals surface area contributed by atoms with E-state index in [0.29, 0.717) is 30.2 Å². The molecule has 1 atom stereocenters. The Morgan fingerprint density at radius 2 is 2.21 bits per heavy atom. The summed E-state index contributed by atoms with van der Waals surface area (Å²) in [7, 11) is 0. The summed E-state index contributed by atoms with van der Waals surface area (Å²) < 4.78 is 6.08. The number of carbonyl (C=O) groups excluding carboxylic acids is 2. The van der Waals surface area contributed by atoms with Crippen LogP contribution in [0, 0.1) is 0 Å². The van der Waals surface area contributed by atoms with Crippen LogP contribution in [-0.2, 0) is 4.74 Å². The van der Waals surface area contributed by atoms with Gasteiger partial charge in [0.15, 0.2) is 0 Å². The summed E-state index contributed by atoms with van der Waals surface area (Å²) in [5.74, 6) is -0.296. The van der Waals surface area contributed by atoms with E-state index in [9.17, 15) is 9.59 Å². The zero-order valence-electron chi connectivity index (χ0n) is 18.4. The van der Waals surface area contributed by atoms with Crippen LogP contribution in [0.25, 0.3) is 11.0 Å². The molecule has 9 nitrogen and oxygen atoms in total. The number of aromatic amines is 1. The van der Waals surface area contributed by atoms with Gasteiger partial charge < -0.3 is 25.3 Å². The molecule has 10 heteroatoms. The van der Waals surface area contributed by atoms with E-state index in [1.54, 1.807) is 36.8 Å². The maximum absolute atomic E-state index is 12.7. The van der Waals surface area contributed by atoms with Crippen molar-refractivity contribution in [2.75, 3.05) is 29.9 Å². The second-order valence-electron chi connectivity index (χ2n) is 7.97. The van der Waals surface area contributed by atoms with Crippen LogP contribution in [0.4, 0.5) is 16.2 Å². The van der Waals surface area contributed by atoms with Crippen LogP contribution in [0.2, 0.25) is 0 Å². The number of hydrogen-bond donors (Lipinski definition) is 3. The van der Waals surface area contributed by atoms with Crippen LogP contribution in [0.5, 0.6) is 0 Å². The van der Waals surface area contributed by atoms with Gasteiger partial charge >= 0.3 is 6.09 Å². The topological polar surface area (TPSA) is 112 Å². The van der Waals surface area contributed by atoms with Crippen LogP contribution in [-0.4, -0.2) is 52.7 Å². The lowest BCUT2D eigenvalue weighted by Gasteiger charge is -2.35. The van der Waals surface area contributed by atoms with E-state index >= 15 is 0 Å². The maximum Gasteiger partial charge on any atom is 0.407 e. The molecule has 0 radical (unpaired) electrons. The molecule has 2 amide bonds. The van der Waals surface area contributed by atoms with Crippen molar-refractivity contribution in [1.82, 2.24) is 20.3 Å². The highest BCUT2D eigenvalue weighted by Gasteiger charge is 2.26. The molecule has 1 aliphatic rings. The zero-order chi connectivity index (χ0) is 23.2. The first-order chi connectivity index (χ1) is 16.1. The first-order valence-electron chi connectivity index (χ1n) is 11.1. The zero-order valence-corrected chi connectivity index (χ0v) is 20.0. The number of unbranched alkanes of at least 4 members (excludes halogenated alkanes) is 1. The molecule has 1 unspecified atom stereocenters. The summed E-state index contributed by atoms with van der Waals surface area (Å²) in [5.41, 5.74) is 2.54. The van der Waals surface area contributed by atoms with Crippen LogP contribution >= 0.6 is 15.9 Å². The van der Waals surface area contributed by atoms with Crippen molar-refractivity contribution in [1.29, 1.82) is 0 Å². The van der Waals surface area contributed by atoms with E-state index in [1.807, 2.05) is 0 Å². The van der Waals surface area contributed by atoms with Crippen molar-refractivity contribution in [3.8, 4) is 0 Å². The average Bonchev–Trinajstić information content (AvgIpc) is 3.22. The number of nitrogens with one attached hydrogen (secondary N) is 3. The number of hydrogen-bond acceptors (Lipinski definition) is 6. The number of rotatable bonds is 7. The van der Waals surface area contributed by atoms with Gasteiger partial charge in [0.05, 0.1) is 27.8 Å². The Morgan fingerprint density at radius 1 is 1.33 bits per heavy atom. The van der Waals surface area contributed by atoms with Crippen LogP contribution < -0.4 is 15.5 Å². The van der Waals surface area contributed by atoms with Crippen molar-refractivity contribution in [3.63, 3.8) is 0 Å². The van der Waals surface area contributed by atoms with E-state index in [0.717, 1.165) is 47.8 Å². The van der Waals surface area contributed by atoms with E-state index in [1.165, 1.54) is 0 Å². The molecular formula is C23H27BrN6O3. The maximum atomic E-state index is 12.7. The first-order valence-corrected chi connectivity index (χ1v) is 11.9. The Hall–Kier alpha value is -3.14. The van der Waals surface area contributed by atoms with Gasteiger partial charge in [0.2, 0.25) is 0 Å². The van der Waals surface area contributed by atoms with Crippen LogP contribution in [0.3, 0.4) is 0 Å². The Bertz CT molecular complexity index is 1120. The molecule has 4 rings (SSSR count). The smallest absolute Gasteiger partial charge is 0.407 e. The normalized spacial score (nSPS) is 15.9. The predicted molar refractivity (Wildman–Crippen MR) is 131 cm³/mol. The first kappa shape index (κ1) is 23.0. The van der Waals surface area contributed by atoms with E-state index in [4.69, 9.17) is 4.74 Å². The number of anilines is 2. The van der Waals surface area contributed by atoms with Gasteiger partial charge in [0.1, 0.15) is 11.3 Å². The number of nitrogens with zero attached hydrogens (tertiary/aromatic N) is 3. The SMILES string of the molecule is CCCCOC(=O)NC1CCCN(c2c(Br)cnc3[nH]cc(NC(=O)c4ccccn4)c23)C1. The second kappa shape index (κ2) is 10.7. The number of alkyl carbamates (subject to hydrolysis) is 1. The molecule has 1 aliphatic heterocycles. The van der Waals surface area contributed by atoms with Crippen molar-refractivity contribution in [2.24, 2.45) is 0 Å². The third-order valence-electron chi connectivity index (χ3n) is 5.57. The largest absolute Gasteiger partial charge is 0.450 e. The summed E-state index contributed by atoms with van der Waals surface area (Å²) in [5, 5.41) is 6.74. The molecule has 0 bridgehead atoms. The number of H-pyrrole nitrogens is 1. The average molecular weight is 515 g/mol. The van der Waals surface area contributed by atoms with Gasteiger partial charge in [-0.1, -0.05) is 19.4 Å². The molecule has 1 saturated heterocycles. The van der Waals surface area contributed by atoms with Gasteiger partial charge in [-0.2, -0.15) is 0 Å². The fourth-order valence-corrected chi connectivity index (χ4v) is 4.51. The van der Waals surface area contributed by atoms with E-state index in [2.05, 4.69) is 53.3 Å². The number of halogens is 1. The summed E-state index contributed by atoms with van der Waals surface area (Å²) >= 11 is 3.64. The number of piperidine rings is 1. The van der Waals surface area contributed by atoms with Crippen molar-refractivity contribution >= 4 is 50.3 Å². The molecule has 33 heavy (non-hydrogen) atoms. The highest BCUT2D eigenvalue weighted by molar-refractivity contribution is 9.10. The van der Waals surface area contributed by atoms with Gasteiger partial charge in [-0.05, 0) is 47.3 Å². The number of amides is 2. The Labute approximate surface area is 200 Å². The third kappa shape index (κ3) is 5.44. The minimum Gasteiger partial charge on any atom is -0.450 e. The molecular weight excluding hydrogens is 488 g/mol. The van der Waals surface area contributed by atoms with Crippen LogP contribution in [0.1, 0.15) is 43.1 Å². The summed E-state index contributed by atoms with van der Waals surface area (Å²) in [6.45, 7) is 3.93. The quantitative estimate of drug-likeness (QED) is 0.401. The van der Waals surface area contributed by atoms with Gasteiger partial charge in [-0.25, -0.2) is 9.78 Å². The Morgan fingerprint density at radius 3 is 3.00 bits per heavy atom. The molecule has 1 fully saturated rings. The van der Waals surface area contributed by atoms with E-state index < -0.39 is 0 Å². The number of aromatic nitrogens is 3. The molecule has 174 valence electrons. The molecule has 0 aromatic carbocycles. The molecule has 3 aromatic rings. The second-order valence-corrected chi connectivity index (χ2v) is 8.82. The van der Waals surface area contributed by atoms with Crippen molar-refractivity contribution in [3.05, 3.63) is 47.0 Å². The molecule has 4 heterocycles. The number of carbonyl (C=O) groups is 2. The summed E-state index contributed by atoms with van der Waals surface area (Å²) in [6.07, 6.45) is 8.31. The third-order valence-corrected chi connectivity index (χ3v) is 6.15. The van der Waals surface area contributed by atoms with Gasteiger partial charge in [-0.3, -0.25) is 9.78 Å². The molecule has 0 aliphatic carbocycles. The number of fused-ring (bicyclic) bond motifs is 1. The fraction of sp³-hybridized carbons (Fsp3) is 0.391. The van der Waals surface area contributed by atoms with Crippen molar-refractivity contribution < 1.29 is 14.3 Å². The predicted octanol–water partition coefficient (Wildman–Crippen LogP) is 4.47. The minimum absolute atomic E-state index is 0.0338.